The number of hydrogen-bond acceptors (Lipinski definition) is 8. The minimum Gasteiger partial charge on any atom is -0.479 e. The van der Waals surface area contributed by atoms with Crippen molar-refractivity contribution in [2.24, 2.45) is 11.3 Å². The third-order valence-corrected chi connectivity index (χ3v) is 9.26. The summed E-state index contributed by atoms with van der Waals surface area (Å²) >= 11 is 0. The SMILES string of the molecule is C=CC1CC1(NC(=O)[C@@H]1C[C@@H](NC(O)Nc2ccccc2)CN1C(=O)N[C@H](C(=O)NC1c2ccccc2C[C@H]1O)C(C)(C)C)C(=O)O. The van der Waals surface area contributed by atoms with Crippen LogP contribution in [0, 0.1) is 11.3 Å². The van der Waals surface area contributed by atoms with Gasteiger partial charge >= 0.3 is 12.0 Å². The monoisotopic (exact) mass is 648 g/mol. The Labute approximate surface area is 273 Å². The predicted molar refractivity (Wildman–Crippen MR) is 174 cm³/mol. The van der Waals surface area contributed by atoms with E-state index >= 15 is 0 Å². The Hall–Kier alpha value is -4.46. The molecule has 0 bridgehead atoms. The topological polar surface area (TPSA) is 192 Å². The van der Waals surface area contributed by atoms with Crippen LogP contribution >= 0.6 is 0 Å². The van der Waals surface area contributed by atoms with Crippen molar-refractivity contribution in [1.29, 1.82) is 0 Å². The zero-order valence-corrected chi connectivity index (χ0v) is 26.8. The third-order valence-electron chi connectivity index (χ3n) is 9.26. The van der Waals surface area contributed by atoms with Crippen molar-refractivity contribution < 1.29 is 34.5 Å². The zero-order valence-electron chi connectivity index (χ0n) is 26.8. The van der Waals surface area contributed by atoms with Crippen LogP contribution in [0.3, 0.4) is 0 Å². The number of hydrogen-bond donors (Lipinski definition) is 8. The molecule has 4 unspecified atom stereocenters. The number of rotatable bonds is 11. The predicted octanol–water partition coefficient (Wildman–Crippen LogP) is 1.45. The van der Waals surface area contributed by atoms with Crippen molar-refractivity contribution in [3.05, 3.63) is 78.4 Å². The summed E-state index contributed by atoms with van der Waals surface area (Å²) in [5, 5.41) is 45.6. The summed E-state index contributed by atoms with van der Waals surface area (Å²) in [6, 6.07) is 12.4. The number of carboxylic acid groups (broad SMARTS) is 1. The fourth-order valence-electron chi connectivity index (χ4n) is 6.57. The van der Waals surface area contributed by atoms with Gasteiger partial charge < -0.3 is 41.5 Å². The molecule has 0 radical (unpaired) electrons. The number of para-hydroxylation sites is 1. The minimum absolute atomic E-state index is 0.0182. The molecular weight excluding hydrogens is 604 g/mol. The van der Waals surface area contributed by atoms with Gasteiger partial charge in [0.05, 0.1) is 12.1 Å². The standard InChI is InChI=1S/C34H44N6O7/c1-5-20-17-34(20,30(44)45)39-28(42)24-16-22(36-31(46)35-21-12-7-6-8-13-21)18-40(24)32(47)38-27(33(2,3)4)29(43)37-26-23-14-10-9-11-19(23)15-25(26)41/h5-14,20,22,24-27,31,35-36,41,46H,1,15-18H2,2-4H3,(H,37,43)(H,38,47)(H,39,42)(H,44,45)/t20?,22-,24+,25-,26?,27-,31?,34?/m1/s1. The number of likely N-dealkylation sites (tertiary alicyclic amines) is 1. The van der Waals surface area contributed by atoms with Gasteiger partial charge in [-0.15, -0.1) is 6.58 Å². The highest BCUT2D eigenvalue weighted by Crippen LogP contribution is 2.45. The lowest BCUT2D eigenvalue weighted by Crippen LogP contribution is -2.60. The number of nitrogens with zero attached hydrogens (tertiary/aromatic N) is 1. The van der Waals surface area contributed by atoms with Gasteiger partial charge in [-0.25, -0.2) is 9.59 Å². The Morgan fingerprint density at radius 2 is 1.74 bits per heavy atom. The smallest absolute Gasteiger partial charge is 0.330 e. The Morgan fingerprint density at radius 1 is 1.06 bits per heavy atom. The lowest BCUT2D eigenvalue weighted by molar-refractivity contribution is -0.144. The first-order valence-corrected chi connectivity index (χ1v) is 15.8. The molecule has 1 saturated carbocycles. The van der Waals surface area contributed by atoms with E-state index in [-0.39, 0.29) is 19.4 Å². The summed E-state index contributed by atoms with van der Waals surface area (Å²) in [6.45, 7) is 9.02. The van der Waals surface area contributed by atoms with Crippen LogP contribution in [-0.4, -0.2) is 86.7 Å². The molecule has 1 saturated heterocycles. The van der Waals surface area contributed by atoms with Crippen molar-refractivity contribution in [3.63, 3.8) is 0 Å². The number of amides is 4. The lowest BCUT2D eigenvalue weighted by Gasteiger charge is -2.34. The molecule has 2 aromatic rings. The van der Waals surface area contributed by atoms with E-state index in [1.54, 1.807) is 45.0 Å². The molecule has 2 aromatic carbocycles. The summed E-state index contributed by atoms with van der Waals surface area (Å²) in [4.78, 5) is 54.7. The fourth-order valence-corrected chi connectivity index (χ4v) is 6.57. The van der Waals surface area contributed by atoms with Gasteiger partial charge in [0.15, 0.2) is 6.35 Å². The average molecular weight is 649 g/mol. The van der Waals surface area contributed by atoms with Crippen LogP contribution in [0.15, 0.2) is 67.3 Å². The first-order valence-electron chi connectivity index (χ1n) is 15.8. The highest BCUT2D eigenvalue weighted by molar-refractivity contribution is 5.95. The average Bonchev–Trinajstić information content (AvgIpc) is 3.43. The van der Waals surface area contributed by atoms with E-state index in [0.717, 1.165) is 11.1 Å². The molecule has 1 aliphatic heterocycles. The van der Waals surface area contributed by atoms with E-state index in [1.807, 2.05) is 30.3 Å². The Bertz CT molecular complexity index is 1510. The fraction of sp³-hybridized carbons (Fsp3) is 0.471. The number of benzene rings is 2. The summed E-state index contributed by atoms with van der Waals surface area (Å²) in [5.41, 5.74) is 0.115. The number of aliphatic hydroxyl groups excluding tert-OH is 2. The number of carbonyl (C=O) groups is 4. The molecule has 1 heterocycles. The van der Waals surface area contributed by atoms with Crippen molar-refractivity contribution in [1.82, 2.24) is 26.2 Å². The molecule has 47 heavy (non-hydrogen) atoms. The molecule has 8 atom stereocenters. The number of carboxylic acids is 1. The molecule has 5 rings (SSSR count). The number of anilines is 1. The zero-order chi connectivity index (χ0) is 34.1. The van der Waals surface area contributed by atoms with Crippen molar-refractivity contribution in [3.8, 4) is 0 Å². The number of urea groups is 1. The Kier molecular flexibility index (Phi) is 9.62. The largest absolute Gasteiger partial charge is 0.479 e. The van der Waals surface area contributed by atoms with Crippen LogP contribution in [0.4, 0.5) is 10.5 Å². The lowest BCUT2D eigenvalue weighted by atomic mass is 9.86. The molecule has 252 valence electrons. The number of nitrogens with one attached hydrogen (secondary N) is 5. The number of carbonyl (C=O) groups excluding carboxylic acids is 3. The third kappa shape index (κ3) is 7.27. The summed E-state index contributed by atoms with van der Waals surface area (Å²) in [5.74, 6) is -2.81. The van der Waals surface area contributed by atoms with E-state index in [2.05, 4.69) is 33.2 Å². The molecule has 2 fully saturated rings. The van der Waals surface area contributed by atoms with Gasteiger partial charge in [-0.3, -0.25) is 14.9 Å². The van der Waals surface area contributed by atoms with Crippen LogP contribution in [0.2, 0.25) is 0 Å². The summed E-state index contributed by atoms with van der Waals surface area (Å²) < 4.78 is 0. The maximum absolute atomic E-state index is 13.9. The maximum Gasteiger partial charge on any atom is 0.330 e. The van der Waals surface area contributed by atoms with E-state index in [4.69, 9.17) is 0 Å². The quantitative estimate of drug-likeness (QED) is 0.132. The molecule has 0 spiro atoms. The highest BCUT2D eigenvalue weighted by atomic mass is 16.4. The normalized spacial score (nSPS) is 27.6. The molecule has 2 aliphatic carbocycles. The first kappa shape index (κ1) is 33.9. The van der Waals surface area contributed by atoms with Gasteiger partial charge in [0.25, 0.3) is 0 Å². The minimum atomic E-state index is -1.51. The van der Waals surface area contributed by atoms with Gasteiger partial charge in [-0.1, -0.05) is 69.3 Å². The summed E-state index contributed by atoms with van der Waals surface area (Å²) in [7, 11) is 0. The molecular formula is C34H44N6O7. The number of aliphatic carboxylic acids is 1. The second-order valence-electron chi connectivity index (χ2n) is 13.7. The molecule has 13 heteroatoms. The van der Waals surface area contributed by atoms with Gasteiger partial charge in [-0.05, 0) is 41.5 Å². The van der Waals surface area contributed by atoms with Crippen molar-refractivity contribution in [2.75, 3.05) is 11.9 Å². The summed E-state index contributed by atoms with van der Waals surface area (Å²) in [6.07, 6.45) is 0.0731. The Balaban J connectivity index is 1.33. The second-order valence-corrected chi connectivity index (χ2v) is 13.7. The highest BCUT2D eigenvalue weighted by Gasteiger charge is 2.61. The van der Waals surface area contributed by atoms with Crippen molar-refractivity contribution >= 4 is 29.5 Å². The van der Waals surface area contributed by atoms with Crippen LogP contribution in [0.1, 0.15) is 50.8 Å². The first-order chi connectivity index (χ1) is 22.2. The maximum atomic E-state index is 13.9. The second kappa shape index (κ2) is 13.3. The van der Waals surface area contributed by atoms with Gasteiger partial charge in [0, 0.05) is 30.6 Å². The molecule has 4 amide bonds. The van der Waals surface area contributed by atoms with E-state index in [9.17, 15) is 34.5 Å². The van der Waals surface area contributed by atoms with E-state index in [0.29, 0.717) is 12.1 Å². The van der Waals surface area contributed by atoms with E-state index < -0.39 is 77.3 Å². The van der Waals surface area contributed by atoms with E-state index in [1.165, 1.54) is 11.0 Å². The molecule has 8 N–H and O–H groups in total. The molecule has 13 nitrogen and oxygen atoms in total. The number of aliphatic hydroxyl groups is 2. The molecule has 0 aromatic heterocycles. The van der Waals surface area contributed by atoms with Gasteiger partial charge in [0.2, 0.25) is 11.8 Å². The van der Waals surface area contributed by atoms with Crippen LogP contribution in [0.25, 0.3) is 0 Å². The molecule has 3 aliphatic rings. The number of fused-ring (bicyclic) bond motifs is 1. The van der Waals surface area contributed by atoms with Crippen LogP contribution in [-0.2, 0) is 20.8 Å². The van der Waals surface area contributed by atoms with Crippen LogP contribution < -0.4 is 26.6 Å². The van der Waals surface area contributed by atoms with Crippen LogP contribution in [0.5, 0.6) is 0 Å². The van der Waals surface area contributed by atoms with Gasteiger partial charge in [0.1, 0.15) is 17.6 Å². The van der Waals surface area contributed by atoms with Gasteiger partial charge in [-0.2, -0.15) is 0 Å². The Morgan fingerprint density at radius 3 is 2.38 bits per heavy atom. The van der Waals surface area contributed by atoms with Crippen molar-refractivity contribution in [2.45, 2.75) is 82.2 Å².